The maximum Gasteiger partial charge on any atom is 0.278 e. The molecule has 0 saturated carbocycles. The number of nitrogen functional groups attached to an aromatic ring is 1. The van der Waals surface area contributed by atoms with Gasteiger partial charge in [0.1, 0.15) is 5.82 Å². The Hall–Kier alpha value is -2.02. The molecular weight excluding hydrogens is 228 g/mol. The van der Waals surface area contributed by atoms with Crippen molar-refractivity contribution in [2.75, 3.05) is 10.5 Å². The molecule has 0 atom stereocenters. The zero-order valence-electron chi connectivity index (χ0n) is 8.21. The fourth-order valence-corrected chi connectivity index (χ4v) is 2.13. The lowest BCUT2D eigenvalue weighted by molar-refractivity contribution is 0.598. The van der Waals surface area contributed by atoms with E-state index in [9.17, 15) is 8.42 Å². The van der Waals surface area contributed by atoms with Gasteiger partial charge in [-0.2, -0.15) is 8.42 Å². The zero-order valence-corrected chi connectivity index (χ0v) is 9.03. The van der Waals surface area contributed by atoms with Gasteiger partial charge >= 0.3 is 0 Å². The Morgan fingerprint density at radius 2 is 2.12 bits per heavy atom. The van der Waals surface area contributed by atoms with Gasteiger partial charge in [0, 0.05) is 6.20 Å². The van der Waals surface area contributed by atoms with Crippen LogP contribution in [0.5, 0.6) is 0 Å². The second kappa shape index (κ2) is 3.86. The Morgan fingerprint density at radius 3 is 2.69 bits per heavy atom. The number of rotatable bonds is 3. The van der Waals surface area contributed by atoms with Crippen LogP contribution in [-0.4, -0.2) is 18.4 Å². The SMILES string of the molecule is Nc1ccc(NS(=O)(=O)c2ccc[nH]2)nc1. The molecule has 0 aromatic carbocycles. The van der Waals surface area contributed by atoms with Crippen molar-refractivity contribution in [1.82, 2.24) is 9.97 Å². The minimum absolute atomic E-state index is 0.0890. The number of nitrogens with two attached hydrogens (primary N) is 1. The molecule has 0 amide bonds. The van der Waals surface area contributed by atoms with E-state index in [0.717, 1.165) is 0 Å². The summed E-state index contributed by atoms with van der Waals surface area (Å²) in [4.78, 5) is 6.45. The summed E-state index contributed by atoms with van der Waals surface area (Å²) >= 11 is 0. The summed E-state index contributed by atoms with van der Waals surface area (Å²) in [5, 5.41) is 0.0890. The number of aromatic amines is 1. The molecular formula is C9H10N4O2S. The lowest BCUT2D eigenvalue weighted by Crippen LogP contribution is -2.14. The minimum atomic E-state index is -3.59. The molecule has 4 N–H and O–H groups in total. The van der Waals surface area contributed by atoms with Crippen molar-refractivity contribution in [3.05, 3.63) is 36.7 Å². The minimum Gasteiger partial charge on any atom is -0.397 e. The molecule has 0 aliphatic rings. The predicted molar refractivity (Wildman–Crippen MR) is 60.3 cm³/mol. The normalized spacial score (nSPS) is 11.2. The third-order valence-electron chi connectivity index (χ3n) is 1.88. The van der Waals surface area contributed by atoms with Gasteiger partial charge in [-0.25, -0.2) is 4.98 Å². The van der Waals surface area contributed by atoms with E-state index < -0.39 is 10.0 Å². The monoisotopic (exact) mass is 238 g/mol. The summed E-state index contributed by atoms with van der Waals surface area (Å²) in [5.41, 5.74) is 5.91. The summed E-state index contributed by atoms with van der Waals surface area (Å²) < 4.78 is 25.8. The second-order valence-corrected chi connectivity index (χ2v) is 4.77. The van der Waals surface area contributed by atoms with Gasteiger partial charge in [0.2, 0.25) is 0 Å². The second-order valence-electron chi connectivity index (χ2n) is 3.12. The Kier molecular flexibility index (Phi) is 2.53. The van der Waals surface area contributed by atoms with Crippen LogP contribution in [0, 0.1) is 0 Å². The number of nitrogens with zero attached hydrogens (tertiary/aromatic N) is 1. The molecule has 16 heavy (non-hydrogen) atoms. The lowest BCUT2D eigenvalue weighted by Gasteiger charge is -2.05. The average molecular weight is 238 g/mol. The van der Waals surface area contributed by atoms with E-state index in [1.807, 2.05) is 0 Å². The molecule has 2 aromatic heterocycles. The van der Waals surface area contributed by atoms with E-state index in [2.05, 4.69) is 14.7 Å². The molecule has 2 rings (SSSR count). The molecule has 0 aliphatic heterocycles. The smallest absolute Gasteiger partial charge is 0.278 e. The van der Waals surface area contributed by atoms with Crippen molar-refractivity contribution in [3.8, 4) is 0 Å². The van der Waals surface area contributed by atoms with E-state index in [1.165, 1.54) is 24.5 Å². The van der Waals surface area contributed by atoms with Crippen LogP contribution < -0.4 is 10.5 Å². The molecule has 2 heterocycles. The van der Waals surface area contributed by atoms with Crippen molar-refractivity contribution < 1.29 is 8.42 Å². The van der Waals surface area contributed by atoms with Gasteiger partial charge in [0.15, 0.2) is 5.03 Å². The standard InChI is InChI=1S/C9H10N4O2S/c10-7-3-4-8(12-6-7)13-16(14,15)9-2-1-5-11-9/h1-6,11H,10H2,(H,12,13). The molecule has 84 valence electrons. The number of pyridine rings is 1. The first kappa shape index (κ1) is 10.5. The molecule has 0 aliphatic carbocycles. The van der Waals surface area contributed by atoms with Crippen LogP contribution in [0.2, 0.25) is 0 Å². The quantitative estimate of drug-likeness (QED) is 0.735. The predicted octanol–water partition coefficient (Wildman–Crippen LogP) is 0.793. The molecule has 0 spiro atoms. The number of sulfonamides is 1. The largest absolute Gasteiger partial charge is 0.397 e. The van der Waals surface area contributed by atoms with Crippen LogP contribution in [0.25, 0.3) is 0 Å². The van der Waals surface area contributed by atoms with E-state index in [0.29, 0.717) is 5.69 Å². The molecule has 7 heteroatoms. The lowest BCUT2D eigenvalue weighted by atomic mass is 10.4. The number of nitrogens with one attached hydrogen (secondary N) is 2. The molecule has 6 nitrogen and oxygen atoms in total. The van der Waals surface area contributed by atoms with Crippen molar-refractivity contribution in [2.24, 2.45) is 0 Å². The molecule has 0 saturated heterocycles. The summed E-state index contributed by atoms with van der Waals surface area (Å²) in [5.74, 6) is 0.226. The Balaban J connectivity index is 2.25. The van der Waals surface area contributed by atoms with Crippen LogP contribution in [0.15, 0.2) is 41.7 Å². The number of anilines is 2. The summed E-state index contributed by atoms with van der Waals surface area (Å²) in [6.07, 6.45) is 2.91. The average Bonchev–Trinajstić information content (AvgIpc) is 2.75. The molecule has 2 aromatic rings. The van der Waals surface area contributed by atoms with Gasteiger partial charge in [-0.3, -0.25) is 4.72 Å². The highest BCUT2D eigenvalue weighted by atomic mass is 32.2. The first-order valence-electron chi connectivity index (χ1n) is 4.46. The zero-order chi connectivity index (χ0) is 11.6. The third kappa shape index (κ3) is 2.14. The van der Waals surface area contributed by atoms with E-state index in [1.54, 1.807) is 12.1 Å². The van der Waals surface area contributed by atoms with Gasteiger partial charge in [0.25, 0.3) is 10.0 Å². The topological polar surface area (TPSA) is 101 Å². The van der Waals surface area contributed by atoms with Crippen molar-refractivity contribution in [1.29, 1.82) is 0 Å². The third-order valence-corrected chi connectivity index (χ3v) is 3.20. The number of hydrogen-bond acceptors (Lipinski definition) is 4. The van der Waals surface area contributed by atoms with Crippen molar-refractivity contribution in [2.45, 2.75) is 5.03 Å². The fraction of sp³-hybridized carbons (Fsp3) is 0. The Bertz CT molecular complexity index is 560. The van der Waals surface area contributed by atoms with Crippen LogP contribution >= 0.6 is 0 Å². The highest BCUT2D eigenvalue weighted by Crippen LogP contribution is 2.12. The number of H-pyrrole nitrogens is 1. The Labute approximate surface area is 92.6 Å². The first-order chi connectivity index (χ1) is 7.58. The van der Waals surface area contributed by atoms with Crippen LogP contribution in [0.3, 0.4) is 0 Å². The maximum atomic E-state index is 11.7. The fourth-order valence-electron chi connectivity index (χ4n) is 1.14. The van der Waals surface area contributed by atoms with Gasteiger partial charge in [-0.05, 0) is 24.3 Å². The summed E-state index contributed by atoms with van der Waals surface area (Å²) in [7, 11) is -3.59. The van der Waals surface area contributed by atoms with E-state index in [-0.39, 0.29) is 10.8 Å². The molecule has 0 radical (unpaired) electrons. The van der Waals surface area contributed by atoms with Crippen molar-refractivity contribution >= 4 is 21.5 Å². The molecule has 0 unspecified atom stereocenters. The van der Waals surface area contributed by atoms with Crippen LogP contribution in [-0.2, 0) is 10.0 Å². The highest BCUT2D eigenvalue weighted by molar-refractivity contribution is 7.92. The molecule has 0 fully saturated rings. The van der Waals surface area contributed by atoms with Gasteiger partial charge in [-0.15, -0.1) is 0 Å². The summed E-state index contributed by atoms with van der Waals surface area (Å²) in [6, 6.07) is 6.12. The van der Waals surface area contributed by atoms with Crippen molar-refractivity contribution in [3.63, 3.8) is 0 Å². The summed E-state index contributed by atoms with van der Waals surface area (Å²) in [6.45, 7) is 0. The number of aromatic nitrogens is 2. The highest BCUT2D eigenvalue weighted by Gasteiger charge is 2.14. The van der Waals surface area contributed by atoms with E-state index >= 15 is 0 Å². The van der Waals surface area contributed by atoms with Gasteiger partial charge in [0.05, 0.1) is 11.9 Å². The van der Waals surface area contributed by atoms with Crippen LogP contribution in [0.4, 0.5) is 11.5 Å². The molecule has 0 bridgehead atoms. The Morgan fingerprint density at radius 1 is 1.31 bits per heavy atom. The van der Waals surface area contributed by atoms with E-state index in [4.69, 9.17) is 5.73 Å². The maximum absolute atomic E-state index is 11.7. The number of hydrogen-bond donors (Lipinski definition) is 3. The van der Waals surface area contributed by atoms with Crippen LogP contribution in [0.1, 0.15) is 0 Å². The van der Waals surface area contributed by atoms with Gasteiger partial charge < -0.3 is 10.7 Å². The first-order valence-corrected chi connectivity index (χ1v) is 5.94. The van der Waals surface area contributed by atoms with Gasteiger partial charge in [-0.1, -0.05) is 0 Å².